The lowest BCUT2D eigenvalue weighted by Gasteiger charge is -2.32. The fourth-order valence-corrected chi connectivity index (χ4v) is 2.78. The molecule has 110 valence electrons. The molecule has 3 N–H and O–H groups in total. The minimum absolute atomic E-state index is 0.141. The van der Waals surface area contributed by atoms with Crippen molar-refractivity contribution in [3.63, 3.8) is 0 Å². The summed E-state index contributed by atoms with van der Waals surface area (Å²) >= 11 is 0. The van der Waals surface area contributed by atoms with Crippen molar-refractivity contribution < 1.29 is 9.90 Å². The Bertz CT molecular complexity index is 679. The van der Waals surface area contributed by atoms with Gasteiger partial charge in [-0.1, -0.05) is 12.1 Å². The van der Waals surface area contributed by atoms with Crippen LogP contribution in [0.25, 0.3) is 0 Å². The molecule has 1 aliphatic rings. The number of benzene rings is 1. The SMILES string of the molecule is O=C(c1c[nH]c(=O)[nH]1)N1CCC(c2ccc(O)cc2)CC1. The second-order valence-electron chi connectivity index (χ2n) is 5.31. The fourth-order valence-electron chi connectivity index (χ4n) is 2.78. The van der Waals surface area contributed by atoms with Crippen molar-refractivity contribution in [1.82, 2.24) is 14.9 Å². The molecule has 1 amide bonds. The Morgan fingerprint density at radius 1 is 1.19 bits per heavy atom. The predicted octanol–water partition coefficient (Wildman–Crippen LogP) is 1.43. The Balaban J connectivity index is 1.63. The summed E-state index contributed by atoms with van der Waals surface area (Å²) in [4.78, 5) is 29.9. The third-order valence-corrected chi connectivity index (χ3v) is 3.97. The van der Waals surface area contributed by atoms with Crippen LogP contribution in [0.2, 0.25) is 0 Å². The average molecular weight is 287 g/mol. The number of phenols is 1. The number of phenolic OH excluding ortho intramolecular Hbond substituents is 1. The molecular formula is C15H17N3O3. The Kier molecular flexibility index (Phi) is 3.51. The fraction of sp³-hybridized carbons (Fsp3) is 0.333. The van der Waals surface area contributed by atoms with Crippen LogP contribution in [-0.4, -0.2) is 39.0 Å². The van der Waals surface area contributed by atoms with Crippen molar-refractivity contribution in [2.45, 2.75) is 18.8 Å². The molecular weight excluding hydrogens is 270 g/mol. The molecule has 1 fully saturated rings. The first kappa shape index (κ1) is 13.5. The van der Waals surface area contributed by atoms with Crippen molar-refractivity contribution in [1.29, 1.82) is 0 Å². The zero-order chi connectivity index (χ0) is 14.8. The van der Waals surface area contributed by atoms with Crippen LogP contribution in [0.5, 0.6) is 5.75 Å². The highest BCUT2D eigenvalue weighted by Gasteiger charge is 2.25. The number of hydrogen-bond donors (Lipinski definition) is 3. The first-order valence-corrected chi connectivity index (χ1v) is 6.99. The minimum Gasteiger partial charge on any atom is -0.508 e. The highest BCUT2D eigenvalue weighted by atomic mass is 16.3. The summed E-state index contributed by atoms with van der Waals surface area (Å²) in [5.74, 6) is 0.528. The summed E-state index contributed by atoms with van der Waals surface area (Å²) < 4.78 is 0. The maximum atomic E-state index is 12.2. The van der Waals surface area contributed by atoms with E-state index in [2.05, 4.69) is 9.97 Å². The number of amides is 1. The molecule has 0 unspecified atom stereocenters. The summed E-state index contributed by atoms with van der Waals surface area (Å²) in [5.41, 5.74) is 1.13. The molecule has 0 spiro atoms. The lowest BCUT2D eigenvalue weighted by atomic mass is 9.89. The molecule has 6 heteroatoms. The molecule has 1 aromatic heterocycles. The number of hydrogen-bond acceptors (Lipinski definition) is 3. The van der Waals surface area contributed by atoms with E-state index in [9.17, 15) is 14.7 Å². The van der Waals surface area contributed by atoms with Crippen molar-refractivity contribution in [3.8, 4) is 5.75 Å². The van der Waals surface area contributed by atoms with Gasteiger partial charge in [0.15, 0.2) is 0 Å². The predicted molar refractivity (Wildman–Crippen MR) is 77.4 cm³/mol. The lowest BCUT2D eigenvalue weighted by Crippen LogP contribution is -2.38. The van der Waals surface area contributed by atoms with Gasteiger partial charge in [-0.2, -0.15) is 0 Å². The highest BCUT2D eigenvalue weighted by molar-refractivity contribution is 5.92. The summed E-state index contributed by atoms with van der Waals surface area (Å²) in [6.45, 7) is 1.33. The van der Waals surface area contributed by atoms with Crippen molar-refractivity contribution in [2.75, 3.05) is 13.1 Å². The topological polar surface area (TPSA) is 89.2 Å². The van der Waals surface area contributed by atoms with E-state index in [0.29, 0.717) is 24.7 Å². The Morgan fingerprint density at radius 3 is 2.43 bits per heavy atom. The summed E-state index contributed by atoms with van der Waals surface area (Å²) in [6.07, 6.45) is 3.17. The van der Waals surface area contributed by atoms with Crippen LogP contribution in [0.1, 0.15) is 34.8 Å². The molecule has 1 saturated heterocycles. The molecule has 0 bridgehead atoms. The van der Waals surface area contributed by atoms with E-state index in [1.165, 1.54) is 11.8 Å². The number of aromatic hydroxyl groups is 1. The van der Waals surface area contributed by atoms with Crippen LogP contribution in [0, 0.1) is 0 Å². The number of aromatic nitrogens is 2. The molecule has 1 aliphatic heterocycles. The van der Waals surface area contributed by atoms with E-state index in [-0.39, 0.29) is 17.3 Å². The van der Waals surface area contributed by atoms with Gasteiger partial charge in [-0.3, -0.25) is 4.79 Å². The number of carbonyl (C=O) groups is 1. The maximum absolute atomic E-state index is 12.2. The van der Waals surface area contributed by atoms with Crippen molar-refractivity contribution in [3.05, 3.63) is 52.2 Å². The summed E-state index contributed by atoms with van der Waals surface area (Å²) in [5, 5.41) is 9.31. The number of nitrogens with zero attached hydrogens (tertiary/aromatic N) is 1. The normalized spacial score (nSPS) is 16.1. The number of likely N-dealkylation sites (tertiary alicyclic amines) is 1. The smallest absolute Gasteiger partial charge is 0.323 e. The standard InChI is InChI=1S/C15H17N3O3/c19-12-3-1-10(2-4-12)11-5-7-18(8-6-11)14(20)13-9-16-15(21)17-13/h1-4,9,11,19H,5-8H2,(H2,16,17,21). The van der Waals surface area contributed by atoms with Gasteiger partial charge in [0.2, 0.25) is 0 Å². The monoisotopic (exact) mass is 287 g/mol. The second-order valence-corrected chi connectivity index (χ2v) is 5.31. The molecule has 3 rings (SSSR count). The van der Waals surface area contributed by atoms with Crippen LogP contribution in [0.15, 0.2) is 35.3 Å². The Hall–Kier alpha value is -2.50. The first-order chi connectivity index (χ1) is 10.1. The Morgan fingerprint density at radius 2 is 1.86 bits per heavy atom. The molecule has 2 heterocycles. The van der Waals surface area contributed by atoms with E-state index in [4.69, 9.17) is 0 Å². The minimum atomic E-state index is -0.364. The molecule has 0 saturated carbocycles. The van der Waals surface area contributed by atoms with Gasteiger partial charge in [0, 0.05) is 19.3 Å². The molecule has 0 atom stereocenters. The number of imidazole rings is 1. The van der Waals surface area contributed by atoms with Crippen LogP contribution < -0.4 is 5.69 Å². The van der Waals surface area contributed by atoms with Crippen LogP contribution >= 0.6 is 0 Å². The molecule has 21 heavy (non-hydrogen) atoms. The third-order valence-electron chi connectivity index (χ3n) is 3.97. The molecule has 0 radical (unpaired) electrons. The van der Waals surface area contributed by atoms with E-state index in [0.717, 1.165) is 12.8 Å². The van der Waals surface area contributed by atoms with Crippen LogP contribution in [0.4, 0.5) is 0 Å². The third kappa shape index (κ3) is 2.84. The zero-order valence-corrected chi connectivity index (χ0v) is 11.5. The first-order valence-electron chi connectivity index (χ1n) is 6.99. The Labute approximate surface area is 121 Å². The quantitative estimate of drug-likeness (QED) is 0.780. The lowest BCUT2D eigenvalue weighted by molar-refractivity contribution is 0.0707. The second kappa shape index (κ2) is 5.47. The van der Waals surface area contributed by atoms with Gasteiger partial charge in [0.25, 0.3) is 5.91 Å². The molecule has 1 aromatic carbocycles. The van der Waals surface area contributed by atoms with Gasteiger partial charge in [-0.25, -0.2) is 4.79 Å². The van der Waals surface area contributed by atoms with Gasteiger partial charge in [0.05, 0.1) is 0 Å². The number of piperidine rings is 1. The average Bonchev–Trinajstić information content (AvgIpc) is 2.94. The molecule has 6 nitrogen and oxygen atoms in total. The number of rotatable bonds is 2. The van der Waals surface area contributed by atoms with Crippen molar-refractivity contribution in [2.24, 2.45) is 0 Å². The van der Waals surface area contributed by atoms with Gasteiger partial charge in [-0.05, 0) is 36.5 Å². The number of carbonyl (C=O) groups excluding carboxylic acids is 1. The van der Waals surface area contributed by atoms with E-state index >= 15 is 0 Å². The number of nitrogens with one attached hydrogen (secondary N) is 2. The van der Waals surface area contributed by atoms with E-state index < -0.39 is 0 Å². The van der Waals surface area contributed by atoms with E-state index in [1.807, 2.05) is 12.1 Å². The molecule has 0 aliphatic carbocycles. The maximum Gasteiger partial charge on any atom is 0.323 e. The molecule has 2 aromatic rings. The summed E-state index contributed by atoms with van der Waals surface area (Å²) in [6, 6.07) is 7.25. The summed E-state index contributed by atoms with van der Waals surface area (Å²) in [7, 11) is 0. The van der Waals surface area contributed by atoms with Crippen molar-refractivity contribution >= 4 is 5.91 Å². The zero-order valence-electron chi connectivity index (χ0n) is 11.5. The number of aromatic amines is 2. The highest BCUT2D eigenvalue weighted by Crippen LogP contribution is 2.29. The van der Waals surface area contributed by atoms with Crippen LogP contribution in [0.3, 0.4) is 0 Å². The largest absolute Gasteiger partial charge is 0.508 e. The van der Waals surface area contributed by atoms with Gasteiger partial charge in [-0.15, -0.1) is 0 Å². The van der Waals surface area contributed by atoms with E-state index in [1.54, 1.807) is 17.0 Å². The van der Waals surface area contributed by atoms with Gasteiger partial charge in [0.1, 0.15) is 11.4 Å². The van der Waals surface area contributed by atoms with Gasteiger partial charge < -0.3 is 20.0 Å². The number of H-pyrrole nitrogens is 2. The van der Waals surface area contributed by atoms with Crippen LogP contribution in [-0.2, 0) is 0 Å². The van der Waals surface area contributed by atoms with Gasteiger partial charge >= 0.3 is 5.69 Å².